The van der Waals surface area contributed by atoms with Gasteiger partial charge in [0.25, 0.3) is 0 Å². The molecule has 21 heavy (non-hydrogen) atoms. The van der Waals surface area contributed by atoms with E-state index < -0.39 is 24.6 Å². The molecule has 1 aromatic heterocycles. The fourth-order valence-corrected chi connectivity index (χ4v) is 2.56. The van der Waals surface area contributed by atoms with Gasteiger partial charge in [-0.15, -0.1) is 0 Å². The third kappa shape index (κ3) is 2.49. The molecule has 0 aliphatic carbocycles. The Morgan fingerprint density at radius 2 is 1.76 bits per heavy atom. The van der Waals surface area contributed by atoms with Crippen molar-refractivity contribution in [2.75, 3.05) is 0 Å². The number of aromatic nitrogens is 1. The molecule has 5 heteroatoms. The van der Waals surface area contributed by atoms with Gasteiger partial charge in [0.2, 0.25) is 0 Å². The number of rotatable bonds is 4. The standard InChI is InChI=1S/C16H15NO4/c18-14(8-15(19)20)16(21)9-5-6-13-11(7-9)10-3-1-2-4-12(10)17-13/h1-7,14,16-18,21H,8H2,(H,19,20). The largest absolute Gasteiger partial charge is 0.481 e. The highest BCUT2D eigenvalue weighted by molar-refractivity contribution is 6.07. The molecule has 2 atom stereocenters. The Bertz CT molecular complexity index is 808. The number of hydrogen-bond acceptors (Lipinski definition) is 3. The van der Waals surface area contributed by atoms with Gasteiger partial charge in [-0.1, -0.05) is 24.3 Å². The minimum atomic E-state index is -1.33. The molecule has 2 aromatic carbocycles. The molecule has 108 valence electrons. The molecule has 3 aromatic rings. The number of carbonyl (C=O) groups is 1. The van der Waals surface area contributed by atoms with Crippen LogP contribution in [-0.4, -0.2) is 32.4 Å². The molecule has 3 rings (SSSR count). The summed E-state index contributed by atoms with van der Waals surface area (Å²) >= 11 is 0. The van der Waals surface area contributed by atoms with E-state index in [1.807, 2.05) is 30.3 Å². The van der Waals surface area contributed by atoms with E-state index in [1.54, 1.807) is 12.1 Å². The minimum Gasteiger partial charge on any atom is -0.481 e. The van der Waals surface area contributed by atoms with Gasteiger partial charge in [0.1, 0.15) is 6.10 Å². The first-order valence-electron chi connectivity index (χ1n) is 6.64. The van der Waals surface area contributed by atoms with Crippen molar-refractivity contribution in [3.8, 4) is 0 Å². The maximum Gasteiger partial charge on any atom is 0.306 e. The van der Waals surface area contributed by atoms with E-state index in [0.29, 0.717) is 5.56 Å². The summed E-state index contributed by atoms with van der Waals surface area (Å²) in [7, 11) is 0. The smallest absolute Gasteiger partial charge is 0.306 e. The molecule has 0 bridgehead atoms. The normalized spacial score (nSPS) is 14.4. The van der Waals surface area contributed by atoms with E-state index in [-0.39, 0.29) is 0 Å². The number of carboxylic acids is 1. The molecular formula is C16H15NO4. The maximum absolute atomic E-state index is 10.6. The lowest BCUT2D eigenvalue weighted by Gasteiger charge is -2.16. The number of aliphatic carboxylic acids is 1. The molecule has 0 aliphatic heterocycles. The van der Waals surface area contributed by atoms with Crippen molar-refractivity contribution in [2.45, 2.75) is 18.6 Å². The molecule has 0 radical (unpaired) electrons. The van der Waals surface area contributed by atoms with Crippen LogP contribution in [0.1, 0.15) is 18.1 Å². The molecule has 0 amide bonds. The molecule has 0 spiro atoms. The Labute approximate surface area is 120 Å². The van der Waals surface area contributed by atoms with Crippen LogP contribution in [0.15, 0.2) is 42.5 Å². The van der Waals surface area contributed by atoms with E-state index >= 15 is 0 Å². The lowest BCUT2D eigenvalue weighted by Crippen LogP contribution is -2.21. The highest BCUT2D eigenvalue weighted by Crippen LogP contribution is 2.29. The van der Waals surface area contributed by atoms with E-state index in [1.165, 1.54) is 0 Å². The molecule has 0 saturated carbocycles. The summed E-state index contributed by atoms with van der Waals surface area (Å²) in [5.74, 6) is -1.14. The number of aromatic amines is 1. The summed E-state index contributed by atoms with van der Waals surface area (Å²) in [6, 6.07) is 13.1. The van der Waals surface area contributed by atoms with Crippen LogP contribution in [0.3, 0.4) is 0 Å². The minimum absolute atomic E-state index is 0.493. The third-order valence-electron chi connectivity index (χ3n) is 3.62. The molecule has 0 fully saturated rings. The number of para-hydroxylation sites is 1. The summed E-state index contributed by atoms with van der Waals surface area (Å²) < 4.78 is 0. The second kappa shape index (κ2) is 5.20. The molecule has 0 saturated heterocycles. The van der Waals surface area contributed by atoms with Crippen molar-refractivity contribution in [1.29, 1.82) is 0 Å². The Balaban J connectivity index is 2.03. The Morgan fingerprint density at radius 1 is 1.05 bits per heavy atom. The van der Waals surface area contributed by atoms with Crippen LogP contribution in [0.4, 0.5) is 0 Å². The van der Waals surface area contributed by atoms with E-state index in [0.717, 1.165) is 21.8 Å². The topological polar surface area (TPSA) is 93.6 Å². The lowest BCUT2D eigenvalue weighted by atomic mass is 10.00. The molecule has 2 unspecified atom stereocenters. The Morgan fingerprint density at radius 3 is 2.52 bits per heavy atom. The van der Waals surface area contributed by atoms with Gasteiger partial charge in [-0.05, 0) is 23.8 Å². The van der Waals surface area contributed by atoms with Gasteiger partial charge in [-0.2, -0.15) is 0 Å². The molecule has 1 heterocycles. The molecule has 4 N–H and O–H groups in total. The fourth-order valence-electron chi connectivity index (χ4n) is 2.56. The molecule has 0 aliphatic rings. The SMILES string of the molecule is O=C(O)CC(O)C(O)c1ccc2[nH]c3ccccc3c2c1. The van der Waals surface area contributed by atoms with Crippen molar-refractivity contribution in [3.63, 3.8) is 0 Å². The highest BCUT2D eigenvalue weighted by Gasteiger charge is 2.21. The van der Waals surface area contributed by atoms with E-state index in [4.69, 9.17) is 5.11 Å². The number of nitrogens with one attached hydrogen (secondary N) is 1. The zero-order chi connectivity index (χ0) is 15.0. The van der Waals surface area contributed by atoms with Crippen LogP contribution in [0.2, 0.25) is 0 Å². The van der Waals surface area contributed by atoms with Crippen LogP contribution >= 0.6 is 0 Å². The van der Waals surface area contributed by atoms with Crippen molar-refractivity contribution in [2.24, 2.45) is 0 Å². The van der Waals surface area contributed by atoms with Crippen LogP contribution in [0.5, 0.6) is 0 Å². The Hall–Kier alpha value is -2.37. The van der Waals surface area contributed by atoms with Crippen LogP contribution < -0.4 is 0 Å². The van der Waals surface area contributed by atoms with Crippen LogP contribution in [0.25, 0.3) is 21.8 Å². The first kappa shape index (κ1) is 13.6. The lowest BCUT2D eigenvalue weighted by molar-refractivity contribution is -0.141. The number of H-pyrrole nitrogens is 1. The fraction of sp³-hybridized carbons (Fsp3) is 0.188. The summed E-state index contributed by atoms with van der Waals surface area (Å²) in [6.07, 6.45) is -3.04. The number of benzene rings is 2. The van der Waals surface area contributed by atoms with Crippen LogP contribution in [-0.2, 0) is 4.79 Å². The summed E-state index contributed by atoms with van der Waals surface area (Å²) in [5, 5.41) is 30.5. The van der Waals surface area contributed by atoms with E-state index in [2.05, 4.69) is 4.98 Å². The van der Waals surface area contributed by atoms with Crippen molar-refractivity contribution >= 4 is 27.8 Å². The predicted octanol–water partition coefficient (Wildman–Crippen LogP) is 2.19. The zero-order valence-electron chi connectivity index (χ0n) is 11.2. The monoisotopic (exact) mass is 285 g/mol. The molecule has 5 nitrogen and oxygen atoms in total. The average molecular weight is 285 g/mol. The van der Waals surface area contributed by atoms with Crippen molar-refractivity contribution in [3.05, 3.63) is 48.0 Å². The average Bonchev–Trinajstić information content (AvgIpc) is 2.83. The number of hydrogen-bond donors (Lipinski definition) is 4. The van der Waals surface area contributed by atoms with E-state index in [9.17, 15) is 15.0 Å². The number of aliphatic hydroxyl groups excluding tert-OH is 2. The first-order chi connectivity index (χ1) is 10.1. The first-order valence-corrected chi connectivity index (χ1v) is 6.64. The highest BCUT2D eigenvalue weighted by atomic mass is 16.4. The maximum atomic E-state index is 10.6. The van der Waals surface area contributed by atoms with Gasteiger partial charge in [-0.25, -0.2) is 0 Å². The van der Waals surface area contributed by atoms with Gasteiger partial charge < -0.3 is 20.3 Å². The van der Waals surface area contributed by atoms with Crippen LogP contribution in [0, 0.1) is 0 Å². The van der Waals surface area contributed by atoms with Gasteiger partial charge in [0.05, 0.1) is 12.5 Å². The second-order valence-electron chi connectivity index (χ2n) is 5.09. The molecular weight excluding hydrogens is 270 g/mol. The number of fused-ring (bicyclic) bond motifs is 3. The summed E-state index contributed by atoms with van der Waals surface area (Å²) in [5.41, 5.74) is 2.42. The van der Waals surface area contributed by atoms with Crippen molar-refractivity contribution < 1.29 is 20.1 Å². The van der Waals surface area contributed by atoms with Gasteiger partial charge in [0, 0.05) is 21.8 Å². The van der Waals surface area contributed by atoms with Gasteiger partial charge in [0.15, 0.2) is 0 Å². The summed E-state index contributed by atoms with van der Waals surface area (Å²) in [6.45, 7) is 0. The number of carboxylic acid groups (broad SMARTS) is 1. The summed E-state index contributed by atoms with van der Waals surface area (Å²) in [4.78, 5) is 13.9. The predicted molar refractivity (Wildman–Crippen MR) is 79.0 cm³/mol. The second-order valence-corrected chi connectivity index (χ2v) is 5.09. The third-order valence-corrected chi connectivity index (χ3v) is 3.62. The van der Waals surface area contributed by atoms with Gasteiger partial charge >= 0.3 is 5.97 Å². The number of aliphatic hydroxyl groups is 2. The van der Waals surface area contributed by atoms with Crippen molar-refractivity contribution in [1.82, 2.24) is 4.98 Å². The Kier molecular flexibility index (Phi) is 3.37. The zero-order valence-corrected chi connectivity index (χ0v) is 11.2. The van der Waals surface area contributed by atoms with Gasteiger partial charge in [-0.3, -0.25) is 4.79 Å². The quantitative estimate of drug-likeness (QED) is 0.591.